The van der Waals surface area contributed by atoms with Gasteiger partial charge < -0.3 is 20.5 Å². The monoisotopic (exact) mass is 320 g/mol. The normalized spacial score (nSPS) is 9.95. The first kappa shape index (κ1) is 16.4. The maximum atomic E-state index is 11.5. The summed E-state index contributed by atoms with van der Waals surface area (Å²) < 4.78 is 5.26. The molecule has 0 fully saturated rings. The van der Waals surface area contributed by atoms with Gasteiger partial charge in [0, 0.05) is 12.2 Å². The molecule has 3 N–H and O–H groups in total. The third-order valence-electron chi connectivity index (χ3n) is 2.17. The lowest BCUT2D eigenvalue weighted by Gasteiger charge is -2.11. The Labute approximate surface area is 126 Å². The highest BCUT2D eigenvalue weighted by Crippen LogP contribution is 2.35. The smallest absolute Gasteiger partial charge is 0.319 e. The summed E-state index contributed by atoms with van der Waals surface area (Å²) in [6.07, 6.45) is -0.155. The number of benzene rings is 1. The first-order chi connectivity index (χ1) is 9.43. The number of urea groups is 1. The molecule has 1 rings (SSSR count). The Kier molecular flexibility index (Phi) is 6.41. The van der Waals surface area contributed by atoms with E-state index in [9.17, 15) is 9.59 Å². The molecule has 1 aromatic carbocycles. The fourth-order valence-electron chi connectivity index (χ4n) is 1.37. The number of carbonyl (C=O) groups excluding carboxylic acids is 1. The van der Waals surface area contributed by atoms with E-state index in [1.54, 1.807) is 6.92 Å². The van der Waals surface area contributed by atoms with E-state index < -0.39 is 12.0 Å². The highest BCUT2D eigenvalue weighted by molar-refractivity contribution is 6.37. The van der Waals surface area contributed by atoms with E-state index in [1.807, 2.05) is 0 Å². The van der Waals surface area contributed by atoms with E-state index >= 15 is 0 Å². The maximum Gasteiger partial charge on any atom is 0.319 e. The summed E-state index contributed by atoms with van der Waals surface area (Å²) in [6.45, 7) is 2.25. The van der Waals surface area contributed by atoms with Crippen LogP contribution in [0.2, 0.25) is 10.0 Å². The summed E-state index contributed by atoms with van der Waals surface area (Å²) in [5.74, 6) is -0.634. The lowest BCUT2D eigenvalue weighted by Crippen LogP contribution is -2.30. The number of rotatable bonds is 6. The summed E-state index contributed by atoms with van der Waals surface area (Å²) in [5.41, 5.74) is 0.385. The van der Waals surface area contributed by atoms with E-state index in [4.69, 9.17) is 33.0 Å². The van der Waals surface area contributed by atoms with Gasteiger partial charge in [-0.25, -0.2) is 4.79 Å². The summed E-state index contributed by atoms with van der Waals surface area (Å²) in [4.78, 5) is 21.8. The number of carbonyl (C=O) groups is 2. The molecule has 0 heterocycles. The van der Waals surface area contributed by atoms with Crippen molar-refractivity contribution < 1.29 is 19.4 Å². The number of carboxylic acid groups (broad SMARTS) is 1. The molecule has 0 aliphatic carbocycles. The summed E-state index contributed by atoms with van der Waals surface area (Å²) >= 11 is 12.0. The molecule has 0 atom stereocenters. The standard InChI is InChI=1S/C12H14Cl2N2O4/c1-2-20-11-8(13)5-7(6-9(11)14)16-12(19)15-4-3-10(17)18/h5-6H,2-4H2,1H3,(H,17,18)(H2,15,16,19). The zero-order valence-corrected chi connectivity index (χ0v) is 12.2. The second-order valence-electron chi connectivity index (χ2n) is 3.73. The van der Waals surface area contributed by atoms with Crippen molar-refractivity contribution in [3.63, 3.8) is 0 Å². The lowest BCUT2D eigenvalue weighted by atomic mass is 10.3. The van der Waals surface area contributed by atoms with Gasteiger partial charge in [0.25, 0.3) is 0 Å². The van der Waals surface area contributed by atoms with Crippen molar-refractivity contribution in [1.29, 1.82) is 0 Å². The van der Waals surface area contributed by atoms with Crippen molar-refractivity contribution in [2.75, 3.05) is 18.5 Å². The molecule has 0 unspecified atom stereocenters. The lowest BCUT2D eigenvalue weighted by molar-refractivity contribution is -0.136. The fraction of sp³-hybridized carbons (Fsp3) is 0.333. The van der Waals surface area contributed by atoms with Crippen molar-refractivity contribution in [2.24, 2.45) is 0 Å². The van der Waals surface area contributed by atoms with Crippen molar-refractivity contribution in [3.8, 4) is 5.75 Å². The molecule has 0 spiro atoms. The molecule has 8 heteroatoms. The number of anilines is 1. The minimum absolute atomic E-state index is 0.0274. The highest BCUT2D eigenvalue weighted by atomic mass is 35.5. The van der Waals surface area contributed by atoms with Gasteiger partial charge in [0.1, 0.15) is 0 Å². The minimum Gasteiger partial charge on any atom is -0.491 e. The van der Waals surface area contributed by atoms with Gasteiger partial charge in [-0.2, -0.15) is 0 Å². The van der Waals surface area contributed by atoms with Crippen molar-refractivity contribution in [2.45, 2.75) is 13.3 Å². The Morgan fingerprint density at radius 2 is 1.90 bits per heavy atom. The van der Waals surface area contributed by atoms with Crippen LogP contribution in [0.5, 0.6) is 5.75 Å². The molecule has 0 aliphatic rings. The Morgan fingerprint density at radius 3 is 2.40 bits per heavy atom. The van der Waals surface area contributed by atoms with Crippen LogP contribution in [0.3, 0.4) is 0 Å². The number of aliphatic carboxylic acids is 1. The summed E-state index contributed by atoms with van der Waals surface area (Å²) in [5, 5.41) is 13.9. The van der Waals surface area contributed by atoms with Gasteiger partial charge in [0.15, 0.2) is 5.75 Å². The van der Waals surface area contributed by atoms with Crippen molar-refractivity contribution >= 4 is 40.9 Å². The predicted molar refractivity (Wildman–Crippen MR) is 76.9 cm³/mol. The minimum atomic E-state index is -0.988. The molecule has 6 nitrogen and oxygen atoms in total. The Hall–Kier alpha value is -1.66. The average molecular weight is 321 g/mol. The quantitative estimate of drug-likeness (QED) is 0.751. The molecule has 2 amide bonds. The van der Waals surface area contributed by atoms with E-state index in [0.717, 1.165) is 0 Å². The molecule has 0 saturated carbocycles. The first-order valence-electron chi connectivity index (χ1n) is 5.82. The SMILES string of the molecule is CCOc1c(Cl)cc(NC(=O)NCCC(=O)O)cc1Cl. The van der Waals surface area contributed by atoms with Gasteiger partial charge in [0.05, 0.1) is 23.1 Å². The van der Waals surface area contributed by atoms with Crippen molar-refractivity contribution in [1.82, 2.24) is 5.32 Å². The van der Waals surface area contributed by atoms with Crippen LogP contribution in [0.1, 0.15) is 13.3 Å². The average Bonchev–Trinajstić information content (AvgIpc) is 2.33. The topological polar surface area (TPSA) is 87.7 Å². The maximum absolute atomic E-state index is 11.5. The zero-order chi connectivity index (χ0) is 15.1. The number of hydrogen-bond acceptors (Lipinski definition) is 3. The molecule has 0 aromatic heterocycles. The fourth-order valence-corrected chi connectivity index (χ4v) is 1.97. The van der Waals surface area contributed by atoms with Crippen LogP contribution < -0.4 is 15.4 Å². The highest BCUT2D eigenvalue weighted by Gasteiger charge is 2.11. The number of amides is 2. The molecule has 0 aliphatic heterocycles. The third kappa shape index (κ3) is 5.14. The Balaban J connectivity index is 2.64. The molecule has 20 heavy (non-hydrogen) atoms. The number of carboxylic acids is 1. The molecular formula is C12H14Cl2N2O4. The van der Waals surface area contributed by atoms with Gasteiger partial charge in [0.2, 0.25) is 0 Å². The second-order valence-corrected chi connectivity index (χ2v) is 4.54. The summed E-state index contributed by atoms with van der Waals surface area (Å²) in [6, 6.07) is 2.45. The van der Waals surface area contributed by atoms with E-state index in [-0.39, 0.29) is 23.0 Å². The predicted octanol–water partition coefficient (Wildman–Crippen LogP) is 2.99. The molecule has 0 radical (unpaired) electrons. The molecule has 0 bridgehead atoms. The third-order valence-corrected chi connectivity index (χ3v) is 2.73. The van der Waals surface area contributed by atoms with Crippen LogP contribution in [-0.4, -0.2) is 30.3 Å². The van der Waals surface area contributed by atoms with Crippen LogP contribution in [0.25, 0.3) is 0 Å². The number of hydrogen-bond donors (Lipinski definition) is 3. The molecule has 1 aromatic rings. The van der Waals surface area contributed by atoms with E-state index in [1.165, 1.54) is 12.1 Å². The Morgan fingerprint density at radius 1 is 1.30 bits per heavy atom. The van der Waals surface area contributed by atoms with E-state index in [2.05, 4.69) is 10.6 Å². The van der Waals surface area contributed by atoms with Crippen LogP contribution >= 0.6 is 23.2 Å². The van der Waals surface area contributed by atoms with E-state index in [0.29, 0.717) is 18.0 Å². The van der Waals surface area contributed by atoms with Gasteiger partial charge in [-0.05, 0) is 19.1 Å². The largest absolute Gasteiger partial charge is 0.491 e. The van der Waals surface area contributed by atoms with Crippen molar-refractivity contribution in [3.05, 3.63) is 22.2 Å². The van der Waals surface area contributed by atoms with Gasteiger partial charge in [-0.3, -0.25) is 4.79 Å². The van der Waals surface area contributed by atoms with Crippen LogP contribution in [0, 0.1) is 0 Å². The number of halogens is 2. The first-order valence-corrected chi connectivity index (χ1v) is 6.58. The number of nitrogens with one attached hydrogen (secondary N) is 2. The van der Waals surface area contributed by atoms with Crippen LogP contribution in [-0.2, 0) is 4.79 Å². The molecule has 110 valence electrons. The Bertz CT molecular complexity index is 485. The summed E-state index contributed by atoms with van der Waals surface area (Å²) in [7, 11) is 0. The van der Waals surface area contributed by atoms with Gasteiger partial charge >= 0.3 is 12.0 Å². The van der Waals surface area contributed by atoms with Crippen LogP contribution in [0.4, 0.5) is 10.5 Å². The van der Waals surface area contributed by atoms with Gasteiger partial charge in [-0.15, -0.1) is 0 Å². The zero-order valence-electron chi connectivity index (χ0n) is 10.7. The van der Waals surface area contributed by atoms with Crippen LogP contribution in [0.15, 0.2) is 12.1 Å². The molecule has 0 saturated heterocycles. The second kappa shape index (κ2) is 7.81. The molecular weight excluding hydrogens is 307 g/mol. The van der Waals surface area contributed by atoms with Gasteiger partial charge in [-0.1, -0.05) is 23.2 Å². The number of ether oxygens (including phenoxy) is 1.